The number of morpholine rings is 1. The molecule has 0 aliphatic carbocycles. The van der Waals surface area contributed by atoms with Crippen LogP contribution in [0.5, 0.6) is 0 Å². The van der Waals surface area contributed by atoms with E-state index in [9.17, 15) is 4.79 Å². The molecule has 0 spiro atoms. The second kappa shape index (κ2) is 14.6. The fourth-order valence-electron chi connectivity index (χ4n) is 2.79. The molecule has 1 amide bonds. The van der Waals surface area contributed by atoms with Crippen LogP contribution in [0.2, 0.25) is 0 Å². The molecule has 2 aliphatic heterocycles. The molecule has 0 radical (unpaired) electrons. The molecule has 5 nitrogen and oxygen atoms in total. The van der Waals surface area contributed by atoms with Crippen molar-refractivity contribution in [3.8, 4) is 0 Å². The van der Waals surface area contributed by atoms with Gasteiger partial charge in [0.05, 0.1) is 13.2 Å². The standard InChI is InChI=1S/C11H16N2.C8H15NO2.C4H10/c1-10-2-4-11(5-3-10)8-13-7-6-12-9-13;1-7(2)8(10)9-3-5-11-6-4-9;1-3-4-2/h2-5,12H,6-9H2,1H3;7H,3-6H2,1-2H3;3-4H2,1-2H3. The fourth-order valence-corrected chi connectivity index (χ4v) is 2.79. The minimum atomic E-state index is 0.119. The highest BCUT2D eigenvalue weighted by molar-refractivity contribution is 5.78. The summed E-state index contributed by atoms with van der Waals surface area (Å²) in [6, 6.07) is 8.79. The molecule has 0 atom stereocenters. The smallest absolute Gasteiger partial charge is 0.225 e. The van der Waals surface area contributed by atoms with Gasteiger partial charge in [0.25, 0.3) is 0 Å². The van der Waals surface area contributed by atoms with E-state index in [0.29, 0.717) is 13.2 Å². The first-order chi connectivity index (χ1) is 13.5. The number of nitrogens with one attached hydrogen (secondary N) is 1. The summed E-state index contributed by atoms with van der Waals surface area (Å²) in [6.45, 7) is 17.7. The van der Waals surface area contributed by atoms with Crippen LogP contribution in [0.25, 0.3) is 0 Å². The van der Waals surface area contributed by atoms with E-state index in [1.807, 2.05) is 18.7 Å². The van der Waals surface area contributed by atoms with E-state index in [-0.39, 0.29) is 11.8 Å². The van der Waals surface area contributed by atoms with Crippen LogP contribution in [0, 0.1) is 12.8 Å². The Morgan fingerprint density at radius 3 is 2.14 bits per heavy atom. The van der Waals surface area contributed by atoms with Gasteiger partial charge in [0, 0.05) is 45.3 Å². The van der Waals surface area contributed by atoms with Crippen molar-refractivity contribution >= 4 is 5.91 Å². The molecule has 0 bridgehead atoms. The van der Waals surface area contributed by atoms with Crippen LogP contribution >= 0.6 is 0 Å². The molecule has 2 saturated heterocycles. The Kier molecular flexibility index (Phi) is 12.8. The average molecular weight is 392 g/mol. The fraction of sp³-hybridized carbons (Fsp3) is 0.696. The normalized spacial score (nSPS) is 16.9. The summed E-state index contributed by atoms with van der Waals surface area (Å²) in [6.07, 6.45) is 2.64. The van der Waals surface area contributed by atoms with E-state index >= 15 is 0 Å². The Hall–Kier alpha value is -1.43. The Morgan fingerprint density at radius 1 is 1.07 bits per heavy atom. The predicted octanol–water partition coefficient (Wildman–Crippen LogP) is 3.67. The summed E-state index contributed by atoms with van der Waals surface area (Å²) in [5.74, 6) is 0.362. The van der Waals surface area contributed by atoms with Crippen molar-refractivity contribution in [3.05, 3.63) is 35.4 Å². The van der Waals surface area contributed by atoms with Crippen molar-refractivity contribution in [2.24, 2.45) is 5.92 Å². The van der Waals surface area contributed by atoms with Crippen LogP contribution < -0.4 is 5.32 Å². The van der Waals surface area contributed by atoms with Crippen molar-refractivity contribution in [1.29, 1.82) is 0 Å². The Morgan fingerprint density at radius 2 is 1.68 bits per heavy atom. The lowest BCUT2D eigenvalue weighted by Gasteiger charge is -2.28. The van der Waals surface area contributed by atoms with Gasteiger partial charge in [-0.2, -0.15) is 0 Å². The molecule has 1 aromatic rings. The SMILES string of the molecule is CC(C)C(=O)N1CCOCC1.CCCC.Cc1ccc(CN2CCNC2)cc1. The number of carbonyl (C=O) groups is 1. The molecule has 2 heterocycles. The van der Waals surface area contributed by atoms with Crippen molar-refractivity contribution in [1.82, 2.24) is 15.1 Å². The molecule has 3 rings (SSSR count). The van der Waals surface area contributed by atoms with E-state index in [4.69, 9.17) is 4.74 Å². The lowest BCUT2D eigenvalue weighted by atomic mass is 10.1. The van der Waals surface area contributed by atoms with Gasteiger partial charge >= 0.3 is 0 Å². The molecular weight excluding hydrogens is 350 g/mol. The third kappa shape index (κ3) is 10.2. The summed E-state index contributed by atoms with van der Waals surface area (Å²) >= 11 is 0. The average Bonchev–Trinajstić information content (AvgIpc) is 3.23. The Balaban J connectivity index is 0.000000239. The Labute approximate surface area is 172 Å². The van der Waals surface area contributed by atoms with Gasteiger partial charge in [-0.3, -0.25) is 9.69 Å². The third-order valence-electron chi connectivity index (χ3n) is 4.78. The molecular formula is C23H41N3O2. The first kappa shape index (κ1) is 24.6. The number of nitrogens with zero attached hydrogens (tertiary/aromatic N) is 2. The number of carbonyl (C=O) groups excluding carboxylic acids is 1. The van der Waals surface area contributed by atoms with Crippen molar-refractivity contribution < 1.29 is 9.53 Å². The molecule has 1 N–H and O–H groups in total. The maximum Gasteiger partial charge on any atom is 0.225 e. The van der Waals surface area contributed by atoms with Crippen LogP contribution in [-0.2, 0) is 16.1 Å². The lowest BCUT2D eigenvalue weighted by Crippen LogP contribution is -2.42. The highest BCUT2D eigenvalue weighted by atomic mass is 16.5. The molecule has 1 aromatic carbocycles. The second-order valence-electron chi connectivity index (χ2n) is 7.79. The number of benzene rings is 1. The van der Waals surface area contributed by atoms with Crippen LogP contribution in [-0.4, -0.2) is 61.8 Å². The number of hydrogen-bond acceptors (Lipinski definition) is 4. The molecule has 28 heavy (non-hydrogen) atoms. The summed E-state index contributed by atoms with van der Waals surface area (Å²) in [5.41, 5.74) is 2.75. The summed E-state index contributed by atoms with van der Waals surface area (Å²) in [7, 11) is 0. The van der Waals surface area contributed by atoms with Gasteiger partial charge in [0.15, 0.2) is 0 Å². The maximum atomic E-state index is 11.4. The molecule has 2 fully saturated rings. The number of unbranched alkanes of at least 4 members (excludes halogenated alkanes) is 1. The first-order valence-corrected chi connectivity index (χ1v) is 10.8. The van der Waals surface area contributed by atoms with Crippen LogP contribution in [0.15, 0.2) is 24.3 Å². The zero-order chi connectivity index (χ0) is 20.8. The van der Waals surface area contributed by atoms with Crippen LogP contribution in [0.1, 0.15) is 51.7 Å². The molecule has 0 aromatic heterocycles. The first-order valence-electron chi connectivity index (χ1n) is 10.8. The summed E-state index contributed by atoms with van der Waals surface area (Å²) < 4.78 is 5.14. The zero-order valence-electron chi connectivity index (χ0n) is 18.7. The van der Waals surface area contributed by atoms with Gasteiger partial charge in [-0.05, 0) is 12.5 Å². The van der Waals surface area contributed by atoms with E-state index in [1.54, 1.807) is 0 Å². The highest BCUT2D eigenvalue weighted by Gasteiger charge is 2.18. The van der Waals surface area contributed by atoms with Crippen molar-refractivity contribution in [2.45, 2.75) is 54.0 Å². The number of amides is 1. The van der Waals surface area contributed by atoms with Crippen LogP contribution in [0.3, 0.4) is 0 Å². The third-order valence-corrected chi connectivity index (χ3v) is 4.78. The topological polar surface area (TPSA) is 44.8 Å². The number of ether oxygens (including phenoxy) is 1. The van der Waals surface area contributed by atoms with E-state index in [1.165, 1.54) is 30.5 Å². The molecule has 5 heteroatoms. The summed E-state index contributed by atoms with van der Waals surface area (Å²) in [5, 5.41) is 3.33. The van der Waals surface area contributed by atoms with Gasteiger partial charge in [-0.1, -0.05) is 70.4 Å². The maximum absolute atomic E-state index is 11.4. The zero-order valence-corrected chi connectivity index (χ0v) is 18.7. The molecule has 160 valence electrons. The predicted molar refractivity (Wildman–Crippen MR) is 117 cm³/mol. The summed E-state index contributed by atoms with van der Waals surface area (Å²) in [4.78, 5) is 15.7. The lowest BCUT2D eigenvalue weighted by molar-refractivity contribution is -0.138. The quantitative estimate of drug-likeness (QED) is 0.851. The largest absolute Gasteiger partial charge is 0.378 e. The molecule has 2 aliphatic rings. The molecule has 0 unspecified atom stereocenters. The van der Waals surface area contributed by atoms with E-state index < -0.39 is 0 Å². The number of rotatable bonds is 4. The minimum absolute atomic E-state index is 0.119. The number of aryl methyl sites for hydroxylation is 1. The van der Waals surface area contributed by atoms with Gasteiger partial charge in [-0.25, -0.2) is 0 Å². The Bertz CT molecular complexity index is 517. The highest BCUT2D eigenvalue weighted by Crippen LogP contribution is 2.07. The van der Waals surface area contributed by atoms with Gasteiger partial charge in [-0.15, -0.1) is 0 Å². The molecule has 0 saturated carbocycles. The van der Waals surface area contributed by atoms with Crippen LogP contribution in [0.4, 0.5) is 0 Å². The van der Waals surface area contributed by atoms with E-state index in [2.05, 4.69) is 55.3 Å². The van der Waals surface area contributed by atoms with E-state index in [0.717, 1.165) is 32.8 Å². The number of hydrogen-bond donors (Lipinski definition) is 1. The van der Waals surface area contributed by atoms with Crippen molar-refractivity contribution in [3.63, 3.8) is 0 Å². The van der Waals surface area contributed by atoms with Gasteiger partial charge < -0.3 is 15.0 Å². The van der Waals surface area contributed by atoms with Gasteiger partial charge in [0.1, 0.15) is 0 Å². The minimum Gasteiger partial charge on any atom is -0.378 e. The van der Waals surface area contributed by atoms with Gasteiger partial charge in [0.2, 0.25) is 5.91 Å². The second-order valence-corrected chi connectivity index (χ2v) is 7.79. The monoisotopic (exact) mass is 391 g/mol. The van der Waals surface area contributed by atoms with Crippen molar-refractivity contribution in [2.75, 3.05) is 46.1 Å².